The normalized spacial score (nSPS) is 20.0. The summed E-state index contributed by atoms with van der Waals surface area (Å²) >= 11 is 6.45. The Morgan fingerprint density at radius 3 is 2.71 bits per heavy atom. The van der Waals surface area contributed by atoms with E-state index in [0.717, 1.165) is 34.9 Å². The summed E-state index contributed by atoms with van der Waals surface area (Å²) < 4.78 is 6.20. The van der Waals surface area contributed by atoms with E-state index < -0.39 is 0 Å². The summed E-state index contributed by atoms with van der Waals surface area (Å²) in [5.41, 5.74) is 3.37. The monoisotopic (exact) mass is 309 g/mol. The molecule has 0 spiro atoms. The smallest absolute Gasteiger partial charge is 0.125 e. The Morgan fingerprint density at radius 1 is 1.33 bits per heavy atom. The van der Waals surface area contributed by atoms with Crippen molar-refractivity contribution in [2.24, 2.45) is 0 Å². The summed E-state index contributed by atoms with van der Waals surface area (Å²) in [6, 6.07) is 2.42. The third-order valence-corrected chi connectivity index (χ3v) is 4.88. The number of aryl methyl sites for hydroxylation is 1. The van der Waals surface area contributed by atoms with Crippen molar-refractivity contribution in [3.05, 3.63) is 27.8 Å². The summed E-state index contributed by atoms with van der Waals surface area (Å²) in [4.78, 5) is 0. The fourth-order valence-electron chi connectivity index (χ4n) is 3.21. The molecule has 0 saturated heterocycles. The Balaban J connectivity index is 2.29. The highest BCUT2D eigenvalue weighted by molar-refractivity contribution is 6.32. The van der Waals surface area contributed by atoms with E-state index in [1.807, 2.05) is 6.92 Å². The number of fused-ring (bicyclic) bond motifs is 1. The predicted molar refractivity (Wildman–Crippen MR) is 90.5 cm³/mol. The van der Waals surface area contributed by atoms with Gasteiger partial charge in [0.25, 0.3) is 0 Å². The van der Waals surface area contributed by atoms with Gasteiger partial charge in [-0.05, 0) is 57.9 Å². The number of unbranched alkanes of at least 4 members (excludes halogenated alkanes) is 2. The molecule has 0 saturated carbocycles. The van der Waals surface area contributed by atoms with E-state index in [1.54, 1.807) is 0 Å². The average Bonchev–Trinajstić information content (AvgIpc) is 2.39. The zero-order chi connectivity index (χ0) is 15.6. The summed E-state index contributed by atoms with van der Waals surface area (Å²) in [7, 11) is 0. The van der Waals surface area contributed by atoms with Crippen LogP contribution in [-0.2, 0) is 0 Å². The molecule has 118 valence electrons. The maximum absolute atomic E-state index is 6.45. The lowest BCUT2D eigenvalue weighted by atomic mass is 9.86. The van der Waals surface area contributed by atoms with Gasteiger partial charge in [-0.15, -0.1) is 0 Å². The molecule has 0 aromatic heterocycles. The van der Waals surface area contributed by atoms with E-state index in [0.29, 0.717) is 6.04 Å². The van der Waals surface area contributed by atoms with Gasteiger partial charge in [-0.3, -0.25) is 0 Å². The quantitative estimate of drug-likeness (QED) is 0.741. The van der Waals surface area contributed by atoms with E-state index in [9.17, 15) is 0 Å². The fraction of sp³-hybridized carbons (Fsp3) is 0.667. The molecule has 1 aliphatic heterocycles. The lowest BCUT2D eigenvalue weighted by Gasteiger charge is -2.39. The van der Waals surface area contributed by atoms with Crippen molar-refractivity contribution in [3.8, 4) is 5.75 Å². The standard InChI is InChI=1S/C18H28ClNO/c1-6-7-8-9-20-14-11-18(4,5)21-15-10-12(2)17(19)13(3)16(14)15/h10,14,20H,6-9,11H2,1-5H3. The fourth-order valence-corrected chi connectivity index (χ4v) is 3.37. The Labute approximate surface area is 134 Å². The van der Waals surface area contributed by atoms with Gasteiger partial charge in [-0.2, -0.15) is 0 Å². The molecule has 1 unspecified atom stereocenters. The van der Waals surface area contributed by atoms with E-state index in [1.165, 1.54) is 24.8 Å². The van der Waals surface area contributed by atoms with Crippen molar-refractivity contribution in [1.82, 2.24) is 5.32 Å². The largest absolute Gasteiger partial charge is 0.487 e. The van der Waals surface area contributed by atoms with Gasteiger partial charge < -0.3 is 10.1 Å². The van der Waals surface area contributed by atoms with Crippen LogP contribution in [0.1, 0.15) is 69.2 Å². The molecule has 1 N–H and O–H groups in total. The number of rotatable bonds is 5. The van der Waals surface area contributed by atoms with Crippen LogP contribution in [0.4, 0.5) is 0 Å². The number of hydrogen-bond acceptors (Lipinski definition) is 2. The molecule has 1 aliphatic rings. The molecule has 0 fully saturated rings. The molecule has 2 nitrogen and oxygen atoms in total. The predicted octanol–water partition coefficient (Wildman–Crippen LogP) is 5.34. The Kier molecular flexibility index (Phi) is 5.21. The first-order chi connectivity index (χ1) is 9.85. The Bertz CT molecular complexity index is 510. The molecule has 1 aromatic rings. The summed E-state index contributed by atoms with van der Waals surface area (Å²) in [5, 5.41) is 4.59. The third kappa shape index (κ3) is 3.73. The van der Waals surface area contributed by atoms with Gasteiger partial charge in [0, 0.05) is 23.0 Å². The lowest BCUT2D eigenvalue weighted by Crippen LogP contribution is -2.40. The summed E-state index contributed by atoms with van der Waals surface area (Å²) in [6.45, 7) is 11.8. The minimum Gasteiger partial charge on any atom is -0.487 e. The van der Waals surface area contributed by atoms with Gasteiger partial charge in [0.1, 0.15) is 11.4 Å². The molecule has 0 bridgehead atoms. The van der Waals surface area contributed by atoms with Crippen LogP contribution >= 0.6 is 11.6 Å². The Hall–Kier alpha value is -0.730. The second kappa shape index (κ2) is 6.58. The van der Waals surface area contributed by atoms with E-state index in [2.05, 4.69) is 39.1 Å². The van der Waals surface area contributed by atoms with Gasteiger partial charge in [0.2, 0.25) is 0 Å². The van der Waals surface area contributed by atoms with Crippen LogP contribution in [0.3, 0.4) is 0 Å². The second-order valence-electron chi connectivity index (χ2n) is 6.82. The van der Waals surface area contributed by atoms with Crippen molar-refractivity contribution in [2.45, 2.75) is 71.9 Å². The SMILES string of the molecule is CCCCCNC1CC(C)(C)Oc2cc(C)c(Cl)c(C)c21. The number of nitrogens with one attached hydrogen (secondary N) is 1. The molecule has 2 rings (SSSR count). The molecule has 1 aromatic carbocycles. The van der Waals surface area contributed by atoms with Gasteiger partial charge >= 0.3 is 0 Å². The van der Waals surface area contributed by atoms with Crippen LogP contribution in [0.25, 0.3) is 0 Å². The maximum Gasteiger partial charge on any atom is 0.125 e. The Morgan fingerprint density at radius 2 is 2.05 bits per heavy atom. The first-order valence-corrected chi connectivity index (χ1v) is 8.45. The highest BCUT2D eigenvalue weighted by Crippen LogP contribution is 2.44. The minimum atomic E-state index is -0.137. The van der Waals surface area contributed by atoms with Crippen molar-refractivity contribution >= 4 is 11.6 Å². The van der Waals surface area contributed by atoms with Crippen molar-refractivity contribution in [2.75, 3.05) is 6.54 Å². The number of hydrogen-bond donors (Lipinski definition) is 1. The van der Waals surface area contributed by atoms with Crippen LogP contribution in [0, 0.1) is 13.8 Å². The minimum absolute atomic E-state index is 0.137. The van der Waals surface area contributed by atoms with Crippen LogP contribution in [0.15, 0.2) is 6.07 Å². The first kappa shape index (κ1) is 16.6. The zero-order valence-corrected chi connectivity index (χ0v) is 14.7. The van der Waals surface area contributed by atoms with Crippen LogP contribution in [0.5, 0.6) is 5.75 Å². The highest BCUT2D eigenvalue weighted by Gasteiger charge is 2.35. The number of ether oxygens (including phenoxy) is 1. The van der Waals surface area contributed by atoms with Gasteiger partial charge in [0.05, 0.1) is 0 Å². The highest BCUT2D eigenvalue weighted by atomic mass is 35.5. The van der Waals surface area contributed by atoms with Crippen molar-refractivity contribution in [3.63, 3.8) is 0 Å². The molecule has 1 atom stereocenters. The van der Waals surface area contributed by atoms with E-state index >= 15 is 0 Å². The number of halogens is 1. The maximum atomic E-state index is 6.45. The summed E-state index contributed by atoms with van der Waals surface area (Å²) in [6.07, 6.45) is 4.73. The molecular weight excluding hydrogens is 282 g/mol. The number of benzene rings is 1. The lowest BCUT2D eigenvalue weighted by molar-refractivity contribution is 0.0657. The summed E-state index contributed by atoms with van der Waals surface area (Å²) in [5.74, 6) is 0.999. The van der Waals surface area contributed by atoms with Crippen molar-refractivity contribution < 1.29 is 4.74 Å². The molecule has 0 radical (unpaired) electrons. The van der Waals surface area contributed by atoms with Crippen LogP contribution in [-0.4, -0.2) is 12.1 Å². The van der Waals surface area contributed by atoms with Gasteiger partial charge in [0.15, 0.2) is 0 Å². The second-order valence-corrected chi connectivity index (χ2v) is 7.20. The average molecular weight is 310 g/mol. The zero-order valence-electron chi connectivity index (χ0n) is 14.0. The third-order valence-electron chi connectivity index (χ3n) is 4.29. The molecule has 3 heteroatoms. The van der Waals surface area contributed by atoms with Crippen molar-refractivity contribution in [1.29, 1.82) is 0 Å². The van der Waals surface area contributed by atoms with Gasteiger partial charge in [-0.25, -0.2) is 0 Å². The van der Waals surface area contributed by atoms with E-state index in [-0.39, 0.29) is 5.60 Å². The molecule has 21 heavy (non-hydrogen) atoms. The molecule has 0 aliphatic carbocycles. The molecule has 1 heterocycles. The van der Waals surface area contributed by atoms with E-state index in [4.69, 9.17) is 16.3 Å². The van der Waals surface area contributed by atoms with Gasteiger partial charge in [-0.1, -0.05) is 31.4 Å². The van der Waals surface area contributed by atoms with Crippen LogP contribution in [0.2, 0.25) is 5.02 Å². The molecule has 0 amide bonds. The van der Waals surface area contributed by atoms with Crippen LogP contribution < -0.4 is 10.1 Å². The molecular formula is C18H28ClNO. The topological polar surface area (TPSA) is 21.3 Å². The first-order valence-electron chi connectivity index (χ1n) is 8.07.